The summed E-state index contributed by atoms with van der Waals surface area (Å²) in [5.41, 5.74) is 0. The Morgan fingerprint density at radius 2 is 2.11 bits per heavy atom. The van der Waals surface area contributed by atoms with Gasteiger partial charge in [-0.15, -0.1) is 0 Å². The van der Waals surface area contributed by atoms with E-state index in [1.165, 1.54) is 12.8 Å². The third-order valence-corrected chi connectivity index (χ3v) is 3.78. The van der Waals surface area contributed by atoms with Crippen molar-refractivity contribution in [1.82, 2.24) is 10.2 Å². The molecule has 0 aromatic rings. The van der Waals surface area contributed by atoms with Crippen molar-refractivity contribution in [3.63, 3.8) is 0 Å². The van der Waals surface area contributed by atoms with Crippen molar-refractivity contribution in [2.75, 3.05) is 32.8 Å². The standard InChI is InChI=1S/C14H24N2O3/c1-2-19-14(18)12-4-3-7-16(9-12)10-13(17)15-8-11-5-6-11/h11-12H,2-10H2,1H3,(H,15,17). The lowest BCUT2D eigenvalue weighted by atomic mass is 9.98. The van der Waals surface area contributed by atoms with E-state index in [1.54, 1.807) is 0 Å². The molecule has 1 atom stereocenters. The summed E-state index contributed by atoms with van der Waals surface area (Å²) in [5.74, 6) is 0.601. The molecule has 2 aliphatic rings. The van der Waals surface area contributed by atoms with Gasteiger partial charge in [-0.2, -0.15) is 0 Å². The van der Waals surface area contributed by atoms with Gasteiger partial charge in [0.1, 0.15) is 0 Å². The van der Waals surface area contributed by atoms with Gasteiger partial charge in [0.05, 0.1) is 19.1 Å². The van der Waals surface area contributed by atoms with Crippen molar-refractivity contribution < 1.29 is 14.3 Å². The molecule has 5 heteroatoms. The second kappa shape index (κ2) is 6.89. The van der Waals surface area contributed by atoms with E-state index in [0.29, 0.717) is 25.6 Å². The van der Waals surface area contributed by atoms with E-state index in [2.05, 4.69) is 10.2 Å². The van der Waals surface area contributed by atoms with Crippen molar-refractivity contribution in [3.8, 4) is 0 Å². The summed E-state index contributed by atoms with van der Waals surface area (Å²) in [7, 11) is 0. The number of carbonyl (C=O) groups excluding carboxylic acids is 2. The van der Waals surface area contributed by atoms with Gasteiger partial charge in [-0.3, -0.25) is 14.5 Å². The fourth-order valence-electron chi connectivity index (χ4n) is 2.49. The van der Waals surface area contributed by atoms with Gasteiger partial charge in [0.25, 0.3) is 0 Å². The Hall–Kier alpha value is -1.10. The van der Waals surface area contributed by atoms with Crippen LogP contribution in [0.4, 0.5) is 0 Å². The zero-order valence-corrected chi connectivity index (χ0v) is 11.7. The molecule has 1 aliphatic heterocycles. The van der Waals surface area contributed by atoms with Crippen LogP contribution >= 0.6 is 0 Å². The number of likely N-dealkylation sites (tertiary alicyclic amines) is 1. The topological polar surface area (TPSA) is 58.6 Å². The predicted molar refractivity (Wildman–Crippen MR) is 71.5 cm³/mol. The first kappa shape index (κ1) is 14.3. The molecule has 1 saturated carbocycles. The summed E-state index contributed by atoms with van der Waals surface area (Å²) in [6, 6.07) is 0. The molecule has 1 saturated heterocycles. The number of nitrogens with zero attached hydrogens (tertiary/aromatic N) is 1. The van der Waals surface area contributed by atoms with Crippen LogP contribution < -0.4 is 5.32 Å². The first-order chi connectivity index (χ1) is 9.19. The summed E-state index contributed by atoms with van der Waals surface area (Å²) in [5, 5.41) is 2.96. The van der Waals surface area contributed by atoms with E-state index in [4.69, 9.17) is 4.74 Å². The van der Waals surface area contributed by atoms with E-state index >= 15 is 0 Å². The third-order valence-electron chi connectivity index (χ3n) is 3.78. The van der Waals surface area contributed by atoms with E-state index in [-0.39, 0.29) is 17.8 Å². The maximum absolute atomic E-state index is 11.8. The van der Waals surface area contributed by atoms with E-state index in [1.807, 2.05) is 6.92 Å². The second-order valence-corrected chi connectivity index (χ2v) is 5.57. The Morgan fingerprint density at radius 3 is 2.79 bits per heavy atom. The summed E-state index contributed by atoms with van der Waals surface area (Å²) in [6.07, 6.45) is 4.32. The van der Waals surface area contributed by atoms with Gasteiger partial charge in [-0.25, -0.2) is 0 Å². The van der Waals surface area contributed by atoms with Gasteiger partial charge in [-0.1, -0.05) is 0 Å². The fraction of sp³-hybridized carbons (Fsp3) is 0.857. The molecule has 2 fully saturated rings. The largest absolute Gasteiger partial charge is 0.466 e. The monoisotopic (exact) mass is 268 g/mol. The maximum Gasteiger partial charge on any atom is 0.310 e. The zero-order valence-electron chi connectivity index (χ0n) is 11.7. The van der Waals surface area contributed by atoms with Crippen LogP contribution in [0.1, 0.15) is 32.6 Å². The lowest BCUT2D eigenvalue weighted by Gasteiger charge is -2.30. The number of amides is 1. The number of nitrogens with one attached hydrogen (secondary N) is 1. The van der Waals surface area contributed by atoms with Crippen molar-refractivity contribution in [1.29, 1.82) is 0 Å². The Morgan fingerprint density at radius 1 is 1.32 bits per heavy atom. The number of hydrogen-bond acceptors (Lipinski definition) is 4. The van der Waals surface area contributed by atoms with Crippen LogP contribution in [0.2, 0.25) is 0 Å². The van der Waals surface area contributed by atoms with Crippen LogP contribution in [-0.2, 0) is 14.3 Å². The third kappa shape index (κ3) is 4.82. The molecule has 1 N–H and O–H groups in total. The molecule has 0 radical (unpaired) electrons. The van der Waals surface area contributed by atoms with Crippen molar-refractivity contribution >= 4 is 11.9 Å². The lowest BCUT2D eigenvalue weighted by Crippen LogP contribution is -2.44. The first-order valence-electron chi connectivity index (χ1n) is 7.34. The Balaban J connectivity index is 1.70. The lowest BCUT2D eigenvalue weighted by molar-refractivity contribution is -0.150. The van der Waals surface area contributed by atoms with Crippen LogP contribution in [0.5, 0.6) is 0 Å². The normalized spacial score (nSPS) is 23.9. The average molecular weight is 268 g/mol. The second-order valence-electron chi connectivity index (χ2n) is 5.57. The van der Waals surface area contributed by atoms with Crippen LogP contribution in [0.25, 0.3) is 0 Å². The summed E-state index contributed by atoms with van der Waals surface area (Å²) in [6.45, 7) is 5.01. The van der Waals surface area contributed by atoms with Crippen LogP contribution in [0.15, 0.2) is 0 Å². The van der Waals surface area contributed by atoms with Gasteiger partial charge in [0.15, 0.2) is 0 Å². The Labute approximate surface area is 114 Å². The molecule has 1 aliphatic carbocycles. The minimum atomic E-state index is -0.120. The van der Waals surface area contributed by atoms with Crippen molar-refractivity contribution in [2.24, 2.45) is 11.8 Å². The van der Waals surface area contributed by atoms with E-state index < -0.39 is 0 Å². The molecule has 0 bridgehead atoms. The molecule has 2 rings (SSSR count). The number of ether oxygens (including phenoxy) is 1. The molecular formula is C14H24N2O3. The average Bonchev–Trinajstić information content (AvgIpc) is 3.21. The summed E-state index contributed by atoms with van der Waals surface area (Å²) in [4.78, 5) is 25.5. The molecule has 1 amide bonds. The summed E-state index contributed by atoms with van der Waals surface area (Å²) >= 11 is 0. The quantitative estimate of drug-likeness (QED) is 0.724. The highest BCUT2D eigenvalue weighted by Gasteiger charge is 2.28. The molecule has 108 valence electrons. The van der Waals surface area contributed by atoms with E-state index in [0.717, 1.165) is 25.9 Å². The van der Waals surface area contributed by atoms with Gasteiger partial charge in [0.2, 0.25) is 5.91 Å². The van der Waals surface area contributed by atoms with Gasteiger partial charge in [0, 0.05) is 13.1 Å². The Bertz CT molecular complexity index is 329. The number of carbonyl (C=O) groups is 2. The molecule has 0 aromatic carbocycles. The zero-order chi connectivity index (χ0) is 13.7. The highest BCUT2D eigenvalue weighted by molar-refractivity contribution is 5.78. The highest BCUT2D eigenvalue weighted by atomic mass is 16.5. The molecule has 1 heterocycles. The smallest absolute Gasteiger partial charge is 0.310 e. The van der Waals surface area contributed by atoms with Crippen molar-refractivity contribution in [3.05, 3.63) is 0 Å². The van der Waals surface area contributed by atoms with Crippen LogP contribution in [0.3, 0.4) is 0 Å². The molecule has 0 aromatic heterocycles. The molecule has 19 heavy (non-hydrogen) atoms. The number of piperidine rings is 1. The minimum absolute atomic E-state index is 0.0649. The highest BCUT2D eigenvalue weighted by Crippen LogP contribution is 2.27. The number of esters is 1. The van der Waals surface area contributed by atoms with E-state index in [9.17, 15) is 9.59 Å². The molecule has 1 unspecified atom stereocenters. The molecule has 5 nitrogen and oxygen atoms in total. The van der Waals surface area contributed by atoms with Crippen molar-refractivity contribution in [2.45, 2.75) is 32.6 Å². The number of rotatable bonds is 6. The van der Waals surface area contributed by atoms with Crippen LogP contribution in [-0.4, -0.2) is 49.6 Å². The van der Waals surface area contributed by atoms with Gasteiger partial charge in [-0.05, 0) is 45.1 Å². The summed E-state index contributed by atoms with van der Waals surface area (Å²) < 4.78 is 5.06. The fourth-order valence-corrected chi connectivity index (χ4v) is 2.49. The van der Waals surface area contributed by atoms with Crippen LogP contribution in [0, 0.1) is 11.8 Å². The first-order valence-corrected chi connectivity index (χ1v) is 7.34. The molecule has 0 spiro atoms. The maximum atomic E-state index is 11.8. The minimum Gasteiger partial charge on any atom is -0.466 e. The number of hydrogen-bond donors (Lipinski definition) is 1. The SMILES string of the molecule is CCOC(=O)C1CCCN(CC(=O)NCC2CC2)C1. The van der Waals surface area contributed by atoms with Gasteiger partial charge >= 0.3 is 5.97 Å². The Kier molecular flexibility index (Phi) is 5.19. The van der Waals surface area contributed by atoms with Gasteiger partial charge < -0.3 is 10.1 Å². The molecular weight excluding hydrogens is 244 g/mol. The predicted octanol–water partition coefficient (Wildman–Crippen LogP) is 0.788.